The third kappa shape index (κ3) is 5.33. The van der Waals surface area contributed by atoms with E-state index in [1.807, 2.05) is 30.3 Å². The van der Waals surface area contributed by atoms with Crippen LogP contribution in [0.25, 0.3) is 82.9 Å². The molecule has 12 rings (SSSR count). The molecular weight excluding hydrogens is 721 g/mol. The van der Waals surface area contributed by atoms with Crippen molar-refractivity contribution in [2.45, 2.75) is 0 Å². The van der Waals surface area contributed by atoms with Crippen molar-refractivity contribution < 1.29 is 4.74 Å². The van der Waals surface area contributed by atoms with Crippen LogP contribution in [-0.4, -0.2) is 14.5 Å². The van der Waals surface area contributed by atoms with Crippen molar-refractivity contribution in [1.82, 2.24) is 14.5 Å². The van der Waals surface area contributed by atoms with E-state index in [-0.39, 0.29) is 0 Å². The summed E-state index contributed by atoms with van der Waals surface area (Å²) in [6, 6.07) is 72.5. The van der Waals surface area contributed by atoms with Gasteiger partial charge in [0.15, 0.2) is 11.5 Å². The van der Waals surface area contributed by atoms with Crippen LogP contribution in [0.1, 0.15) is 0 Å². The predicted octanol–water partition coefficient (Wildman–Crippen LogP) is 14.5. The molecule has 0 spiro atoms. The van der Waals surface area contributed by atoms with Gasteiger partial charge in [-0.3, -0.25) is 4.57 Å². The van der Waals surface area contributed by atoms with Crippen LogP contribution < -0.4 is 9.64 Å². The highest BCUT2D eigenvalue weighted by molar-refractivity contribution is 6.23. The Balaban J connectivity index is 1.07. The van der Waals surface area contributed by atoms with Crippen LogP contribution in [0.5, 0.6) is 11.5 Å². The summed E-state index contributed by atoms with van der Waals surface area (Å²) in [5.41, 5.74) is 12.4. The van der Waals surface area contributed by atoms with Crippen LogP contribution in [0.3, 0.4) is 0 Å². The van der Waals surface area contributed by atoms with E-state index in [0.717, 1.165) is 89.4 Å². The van der Waals surface area contributed by atoms with E-state index in [1.54, 1.807) is 0 Å². The lowest BCUT2D eigenvalue weighted by Gasteiger charge is -2.33. The third-order valence-electron chi connectivity index (χ3n) is 11.6. The van der Waals surface area contributed by atoms with Gasteiger partial charge in [-0.1, -0.05) is 152 Å². The van der Waals surface area contributed by atoms with Gasteiger partial charge >= 0.3 is 0 Å². The van der Waals surface area contributed by atoms with E-state index < -0.39 is 0 Å². The van der Waals surface area contributed by atoms with E-state index in [0.29, 0.717) is 5.95 Å². The van der Waals surface area contributed by atoms with Gasteiger partial charge < -0.3 is 9.64 Å². The quantitative estimate of drug-likeness (QED) is 0.175. The van der Waals surface area contributed by atoms with Crippen molar-refractivity contribution in [2.75, 3.05) is 4.90 Å². The molecule has 0 saturated heterocycles. The molecule has 3 heterocycles. The molecule has 0 amide bonds. The second-order valence-corrected chi connectivity index (χ2v) is 15.0. The molecule has 0 atom stereocenters. The Hall–Kier alpha value is -8.02. The first-order valence-corrected chi connectivity index (χ1v) is 19.9. The summed E-state index contributed by atoms with van der Waals surface area (Å²) in [6.45, 7) is 0. The fourth-order valence-corrected chi connectivity index (χ4v) is 8.92. The van der Waals surface area contributed by atoms with Crippen molar-refractivity contribution in [1.29, 1.82) is 0 Å². The standard InChI is InChI=1S/C54H34N4O/c1-3-16-36(17-4-1)52-43-23-9-10-26-45(43)55-54(56-52)58-48-32-29-35-15-7-8-22-41(35)51(48)44-25-14-24-42(53(44)58)39-19-13-18-37(33-39)38-30-31-47-50(34-38)59-49-28-12-11-27-46(49)57(47)40-20-5-2-6-21-40/h1-34H. The minimum Gasteiger partial charge on any atom is -0.453 e. The Labute approximate surface area is 340 Å². The molecule has 9 aromatic carbocycles. The van der Waals surface area contributed by atoms with Gasteiger partial charge in [-0.2, -0.15) is 0 Å². The first kappa shape index (κ1) is 33.2. The Morgan fingerprint density at radius 2 is 1.10 bits per heavy atom. The van der Waals surface area contributed by atoms with Crippen LogP contribution in [0.2, 0.25) is 0 Å². The van der Waals surface area contributed by atoms with Crippen LogP contribution >= 0.6 is 0 Å². The maximum Gasteiger partial charge on any atom is 0.235 e. The number of hydrogen-bond acceptors (Lipinski definition) is 4. The Kier molecular flexibility index (Phi) is 7.47. The predicted molar refractivity (Wildman–Crippen MR) is 242 cm³/mol. The number of nitrogens with zero attached hydrogens (tertiary/aromatic N) is 4. The normalized spacial score (nSPS) is 12.2. The minimum absolute atomic E-state index is 0.636. The fourth-order valence-electron chi connectivity index (χ4n) is 8.92. The Morgan fingerprint density at radius 1 is 0.424 bits per heavy atom. The number of aromatic nitrogens is 3. The van der Waals surface area contributed by atoms with Crippen molar-refractivity contribution in [2.24, 2.45) is 0 Å². The molecule has 0 bridgehead atoms. The van der Waals surface area contributed by atoms with Gasteiger partial charge in [-0.05, 0) is 82.1 Å². The monoisotopic (exact) mass is 754 g/mol. The zero-order chi connectivity index (χ0) is 38.9. The smallest absolute Gasteiger partial charge is 0.235 e. The molecule has 0 N–H and O–H groups in total. The fraction of sp³-hybridized carbons (Fsp3) is 0. The average Bonchev–Trinajstić information content (AvgIpc) is 3.66. The SMILES string of the molecule is c1ccc(-c2nc(-n3c4ccc5ccccc5c4c4cccc(-c5cccc(-c6ccc7c(c6)Oc6ccccc6N7c6ccccc6)c5)c43)nc3ccccc23)cc1. The molecule has 0 unspecified atom stereocenters. The molecule has 5 nitrogen and oxygen atoms in total. The number of anilines is 3. The summed E-state index contributed by atoms with van der Waals surface area (Å²) >= 11 is 0. The summed E-state index contributed by atoms with van der Waals surface area (Å²) in [4.78, 5) is 13.0. The van der Waals surface area contributed by atoms with E-state index in [4.69, 9.17) is 14.7 Å². The summed E-state index contributed by atoms with van der Waals surface area (Å²) in [7, 11) is 0. The molecular formula is C54H34N4O. The van der Waals surface area contributed by atoms with Gasteiger partial charge in [-0.25, -0.2) is 9.97 Å². The number of benzene rings is 9. The van der Waals surface area contributed by atoms with Gasteiger partial charge in [0.2, 0.25) is 5.95 Å². The number of fused-ring (bicyclic) bond motifs is 8. The minimum atomic E-state index is 0.636. The summed E-state index contributed by atoms with van der Waals surface area (Å²) < 4.78 is 8.89. The van der Waals surface area contributed by atoms with E-state index >= 15 is 0 Å². The highest BCUT2D eigenvalue weighted by Gasteiger charge is 2.26. The molecule has 0 fully saturated rings. The summed E-state index contributed by atoms with van der Waals surface area (Å²) in [5.74, 6) is 2.27. The topological polar surface area (TPSA) is 43.2 Å². The van der Waals surface area contributed by atoms with E-state index in [2.05, 4.69) is 185 Å². The summed E-state index contributed by atoms with van der Waals surface area (Å²) in [6.07, 6.45) is 0. The second-order valence-electron chi connectivity index (χ2n) is 15.0. The Bertz CT molecular complexity index is 3430. The van der Waals surface area contributed by atoms with Gasteiger partial charge in [0.05, 0.1) is 33.6 Å². The first-order chi connectivity index (χ1) is 29.3. The maximum absolute atomic E-state index is 6.61. The lowest BCUT2D eigenvalue weighted by atomic mass is 9.96. The lowest BCUT2D eigenvalue weighted by Crippen LogP contribution is -2.15. The molecule has 2 aromatic heterocycles. The third-order valence-corrected chi connectivity index (χ3v) is 11.6. The summed E-state index contributed by atoms with van der Waals surface area (Å²) in [5, 5.41) is 5.75. The second kappa shape index (κ2) is 13.3. The number of para-hydroxylation sites is 5. The highest BCUT2D eigenvalue weighted by Crippen LogP contribution is 2.51. The zero-order valence-corrected chi connectivity index (χ0v) is 31.8. The molecule has 59 heavy (non-hydrogen) atoms. The highest BCUT2D eigenvalue weighted by atomic mass is 16.5. The van der Waals surface area contributed by atoms with Crippen LogP contribution in [-0.2, 0) is 0 Å². The molecule has 0 radical (unpaired) electrons. The van der Waals surface area contributed by atoms with E-state index in [1.165, 1.54) is 16.2 Å². The zero-order valence-electron chi connectivity index (χ0n) is 31.8. The lowest BCUT2D eigenvalue weighted by molar-refractivity contribution is 0.477. The van der Waals surface area contributed by atoms with Crippen LogP contribution in [0.4, 0.5) is 17.1 Å². The molecule has 0 saturated carbocycles. The van der Waals surface area contributed by atoms with Gasteiger partial charge in [0.25, 0.3) is 0 Å². The van der Waals surface area contributed by atoms with Crippen molar-refractivity contribution >= 4 is 60.5 Å². The van der Waals surface area contributed by atoms with Gasteiger partial charge in [0.1, 0.15) is 0 Å². The molecule has 0 aliphatic carbocycles. The molecule has 1 aliphatic rings. The van der Waals surface area contributed by atoms with Crippen LogP contribution in [0, 0.1) is 0 Å². The maximum atomic E-state index is 6.61. The van der Waals surface area contributed by atoms with Gasteiger partial charge in [-0.15, -0.1) is 0 Å². The molecule has 276 valence electrons. The van der Waals surface area contributed by atoms with Crippen LogP contribution in [0.15, 0.2) is 206 Å². The largest absolute Gasteiger partial charge is 0.453 e. The number of ether oxygens (including phenoxy) is 1. The Morgan fingerprint density at radius 3 is 2.00 bits per heavy atom. The van der Waals surface area contributed by atoms with Crippen molar-refractivity contribution in [3.05, 3.63) is 206 Å². The molecule has 1 aliphatic heterocycles. The average molecular weight is 755 g/mol. The molecule has 5 heteroatoms. The van der Waals surface area contributed by atoms with Crippen molar-refractivity contribution in [3.63, 3.8) is 0 Å². The van der Waals surface area contributed by atoms with Gasteiger partial charge in [0, 0.05) is 33.0 Å². The number of rotatable bonds is 5. The van der Waals surface area contributed by atoms with E-state index in [9.17, 15) is 0 Å². The van der Waals surface area contributed by atoms with Crippen molar-refractivity contribution in [3.8, 4) is 51.0 Å². The number of hydrogen-bond donors (Lipinski definition) is 0. The first-order valence-electron chi connectivity index (χ1n) is 19.9. The molecule has 11 aromatic rings.